The predicted molar refractivity (Wildman–Crippen MR) is 65.0 cm³/mol. The van der Waals surface area contributed by atoms with E-state index in [1.54, 1.807) is 0 Å². The number of ether oxygens (including phenoxy) is 1. The van der Waals surface area contributed by atoms with E-state index >= 15 is 0 Å². The van der Waals surface area contributed by atoms with Crippen LogP contribution in [-0.2, 0) is 9.53 Å². The summed E-state index contributed by atoms with van der Waals surface area (Å²) in [5.74, 6) is -0.218. The van der Waals surface area contributed by atoms with Gasteiger partial charge in [-0.25, -0.2) is 0 Å². The largest absolute Gasteiger partial charge is 0.462 e. The highest BCUT2D eigenvalue weighted by Gasteiger charge is 2.29. The molecule has 1 fully saturated rings. The molecule has 0 radical (unpaired) electrons. The molecule has 0 bridgehead atoms. The molecule has 0 aromatic carbocycles. The maximum atomic E-state index is 11.7. The standard InChI is InChI=1S/C13H25NO2/c1-4-10(9-14)12(15)16-11-5-7-13(2,3)8-6-11/h10-11H,4-9,14H2,1-3H3. The first-order chi connectivity index (χ1) is 7.48. The molecule has 1 saturated carbocycles. The number of hydrogen-bond acceptors (Lipinski definition) is 3. The van der Waals surface area contributed by atoms with Crippen molar-refractivity contribution in [1.29, 1.82) is 0 Å². The second-order valence-electron chi connectivity index (χ2n) is 5.64. The first kappa shape index (κ1) is 13.5. The lowest BCUT2D eigenvalue weighted by atomic mass is 9.76. The van der Waals surface area contributed by atoms with Crippen LogP contribution in [0, 0.1) is 11.3 Å². The van der Waals surface area contributed by atoms with Crippen LogP contribution >= 0.6 is 0 Å². The molecule has 2 N–H and O–H groups in total. The Bertz CT molecular complexity index is 224. The van der Waals surface area contributed by atoms with Crippen molar-refractivity contribution < 1.29 is 9.53 Å². The normalized spacial score (nSPS) is 22.8. The molecule has 3 nitrogen and oxygen atoms in total. The Labute approximate surface area is 98.7 Å². The highest BCUT2D eigenvalue weighted by atomic mass is 16.5. The smallest absolute Gasteiger partial charge is 0.310 e. The van der Waals surface area contributed by atoms with Gasteiger partial charge in [0.1, 0.15) is 6.10 Å². The van der Waals surface area contributed by atoms with E-state index in [0.717, 1.165) is 32.1 Å². The molecule has 1 aliphatic rings. The molecule has 1 rings (SSSR count). The van der Waals surface area contributed by atoms with Gasteiger partial charge >= 0.3 is 5.97 Å². The molecular weight excluding hydrogens is 202 g/mol. The summed E-state index contributed by atoms with van der Waals surface area (Å²) < 4.78 is 5.51. The second-order valence-corrected chi connectivity index (χ2v) is 5.64. The van der Waals surface area contributed by atoms with E-state index in [2.05, 4.69) is 13.8 Å². The van der Waals surface area contributed by atoms with Crippen molar-refractivity contribution in [2.45, 2.75) is 59.0 Å². The molecule has 1 atom stereocenters. The van der Waals surface area contributed by atoms with Gasteiger partial charge in [-0.15, -0.1) is 0 Å². The zero-order valence-electron chi connectivity index (χ0n) is 10.8. The molecule has 3 heteroatoms. The number of carbonyl (C=O) groups excluding carboxylic acids is 1. The van der Waals surface area contributed by atoms with Gasteiger partial charge in [0.2, 0.25) is 0 Å². The lowest BCUT2D eigenvalue weighted by Crippen LogP contribution is -2.32. The summed E-state index contributed by atoms with van der Waals surface area (Å²) >= 11 is 0. The minimum atomic E-state index is -0.116. The van der Waals surface area contributed by atoms with Crippen molar-refractivity contribution in [2.75, 3.05) is 6.54 Å². The Morgan fingerprint density at radius 1 is 1.44 bits per heavy atom. The summed E-state index contributed by atoms with van der Waals surface area (Å²) in [5, 5.41) is 0. The Morgan fingerprint density at radius 3 is 2.44 bits per heavy atom. The second kappa shape index (κ2) is 5.67. The summed E-state index contributed by atoms with van der Waals surface area (Å²) in [6, 6.07) is 0. The molecule has 0 saturated heterocycles. The van der Waals surface area contributed by atoms with Crippen molar-refractivity contribution in [3.8, 4) is 0 Å². The molecule has 94 valence electrons. The van der Waals surface area contributed by atoms with Crippen molar-refractivity contribution in [3.63, 3.8) is 0 Å². The van der Waals surface area contributed by atoms with Gasteiger partial charge in [0.15, 0.2) is 0 Å². The minimum absolute atomic E-state index is 0.102. The third-order valence-electron chi connectivity index (χ3n) is 3.68. The van der Waals surface area contributed by atoms with Crippen LogP contribution in [0.3, 0.4) is 0 Å². The van der Waals surface area contributed by atoms with E-state index in [4.69, 9.17) is 10.5 Å². The van der Waals surface area contributed by atoms with Crippen molar-refractivity contribution in [2.24, 2.45) is 17.1 Å². The van der Waals surface area contributed by atoms with E-state index in [0.29, 0.717) is 12.0 Å². The summed E-state index contributed by atoms with van der Waals surface area (Å²) in [4.78, 5) is 11.7. The molecule has 0 amide bonds. The maximum absolute atomic E-state index is 11.7. The van der Waals surface area contributed by atoms with Gasteiger partial charge in [-0.2, -0.15) is 0 Å². The SMILES string of the molecule is CCC(CN)C(=O)OC1CCC(C)(C)CC1. The van der Waals surface area contributed by atoms with Gasteiger partial charge < -0.3 is 10.5 Å². The van der Waals surface area contributed by atoms with Crippen LogP contribution in [0.2, 0.25) is 0 Å². The lowest BCUT2D eigenvalue weighted by molar-refractivity contribution is -0.156. The Morgan fingerprint density at radius 2 is 2.00 bits per heavy atom. The van der Waals surface area contributed by atoms with Gasteiger partial charge in [0, 0.05) is 6.54 Å². The van der Waals surface area contributed by atoms with E-state index in [-0.39, 0.29) is 18.0 Å². The minimum Gasteiger partial charge on any atom is -0.462 e. The fourth-order valence-electron chi connectivity index (χ4n) is 2.18. The highest BCUT2D eigenvalue weighted by molar-refractivity contribution is 5.72. The first-order valence-electron chi connectivity index (χ1n) is 6.39. The molecule has 0 heterocycles. The molecular formula is C13H25NO2. The van der Waals surface area contributed by atoms with Crippen LogP contribution < -0.4 is 5.73 Å². The molecule has 1 unspecified atom stereocenters. The summed E-state index contributed by atoms with van der Waals surface area (Å²) in [5.41, 5.74) is 5.95. The van der Waals surface area contributed by atoms with Gasteiger partial charge in [0.05, 0.1) is 5.92 Å². The molecule has 1 aliphatic carbocycles. The quantitative estimate of drug-likeness (QED) is 0.751. The third kappa shape index (κ3) is 3.78. The Balaban J connectivity index is 2.36. The van der Waals surface area contributed by atoms with Crippen LogP contribution in [0.25, 0.3) is 0 Å². The highest BCUT2D eigenvalue weighted by Crippen LogP contribution is 2.36. The molecule has 16 heavy (non-hydrogen) atoms. The van der Waals surface area contributed by atoms with E-state index in [1.165, 1.54) is 0 Å². The van der Waals surface area contributed by atoms with Crippen molar-refractivity contribution in [1.82, 2.24) is 0 Å². The van der Waals surface area contributed by atoms with E-state index in [1.807, 2.05) is 6.92 Å². The molecule has 0 aromatic rings. The van der Waals surface area contributed by atoms with Gasteiger partial charge in [0.25, 0.3) is 0 Å². The zero-order valence-corrected chi connectivity index (χ0v) is 10.8. The van der Waals surface area contributed by atoms with E-state index < -0.39 is 0 Å². The number of esters is 1. The van der Waals surface area contributed by atoms with Gasteiger partial charge in [-0.3, -0.25) is 4.79 Å². The number of rotatable bonds is 4. The summed E-state index contributed by atoms with van der Waals surface area (Å²) in [6.45, 7) is 6.93. The first-order valence-corrected chi connectivity index (χ1v) is 6.39. The fourth-order valence-corrected chi connectivity index (χ4v) is 2.18. The van der Waals surface area contributed by atoms with Crippen LogP contribution in [0.15, 0.2) is 0 Å². The van der Waals surface area contributed by atoms with Crippen LogP contribution in [0.1, 0.15) is 52.9 Å². The van der Waals surface area contributed by atoms with Gasteiger partial charge in [-0.05, 0) is 37.5 Å². The topological polar surface area (TPSA) is 52.3 Å². The summed E-state index contributed by atoms with van der Waals surface area (Å²) in [6.07, 6.45) is 5.18. The van der Waals surface area contributed by atoms with Crippen molar-refractivity contribution in [3.05, 3.63) is 0 Å². The fraction of sp³-hybridized carbons (Fsp3) is 0.923. The number of hydrogen-bond donors (Lipinski definition) is 1. The molecule has 0 aromatic heterocycles. The Hall–Kier alpha value is -0.570. The van der Waals surface area contributed by atoms with Crippen LogP contribution in [0.5, 0.6) is 0 Å². The maximum Gasteiger partial charge on any atom is 0.310 e. The van der Waals surface area contributed by atoms with Crippen molar-refractivity contribution >= 4 is 5.97 Å². The monoisotopic (exact) mass is 227 g/mol. The zero-order chi connectivity index (χ0) is 12.2. The average Bonchev–Trinajstić information content (AvgIpc) is 2.23. The van der Waals surface area contributed by atoms with E-state index in [9.17, 15) is 4.79 Å². The molecule has 0 spiro atoms. The predicted octanol–water partition coefficient (Wildman–Crippen LogP) is 2.48. The third-order valence-corrected chi connectivity index (χ3v) is 3.68. The van der Waals surface area contributed by atoms with Gasteiger partial charge in [-0.1, -0.05) is 20.8 Å². The van der Waals surface area contributed by atoms with Crippen LogP contribution in [0.4, 0.5) is 0 Å². The average molecular weight is 227 g/mol. The summed E-state index contributed by atoms with van der Waals surface area (Å²) in [7, 11) is 0. The van der Waals surface area contributed by atoms with Crippen LogP contribution in [-0.4, -0.2) is 18.6 Å². The number of carbonyl (C=O) groups is 1. The Kier molecular flexibility index (Phi) is 4.78. The lowest BCUT2D eigenvalue weighted by Gasteiger charge is -2.34. The molecule has 0 aliphatic heterocycles. The number of nitrogens with two attached hydrogens (primary N) is 1.